The molecule has 1 aromatic rings. The van der Waals surface area contributed by atoms with E-state index in [0.717, 1.165) is 43.0 Å². The largest absolute Gasteiger partial charge is 0.370 e. The van der Waals surface area contributed by atoms with Crippen LogP contribution in [0, 0.1) is 12.8 Å². The topological polar surface area (TPSA) is 61.9 Å². The Bertz CT molecular complexity index is 424. The van der Waals surface area contributed by atoms with Gasteiger partial charge in [-0.15, -0.1) is 0 Å². The molecule has 0 spiro atoms. The van der Waals surface area contributed by atoms with Crippen molar-refractivity contribution in [3.05, 3.63) is 11.9 Å². The van der Waals surface area contributed by atoms with Crippen molar-refractivity contribution in [1.29, 1.82) is 0 Å². The summed E-state index contributed by atoms with van der Waals surface area (Å²) in [4.78, 5) is 8.92. The van der Waals surface area contributed by atoms with Crippen LogP contribution in [0.1, 0.15) is 31.5 Å². The molecule has 5 heteroatoms. The number of nitrogens with zero attached hydrogens (tertiary/aromatic N) is 2. The Balaban J connectivity index is 1.59. The summed E-state index contributed by atoms with van der Waals surface area (Å²) >= 11 is 0. The van der Waals surface area contributed by atoms with Gasteiger partial charge < -0.3 is 16.0 Å². The van der Waals surface area contributed by atoms with E-state index in [-0.39, 0.29) is 0 Å². The summed E-state index contributed by atoms with van der Waals surface area (Å²) in [6.07, 6.45) is 5.12. The lowest BCUT2D eigenvalue weighted by molar-refractivity contribution is 0.444. The zero-order valence-corrected chi connectivity index (χ0v) is 11.6. The first-order valence-electron chi connectivity index (χ1n) is 7.36. The molecule has 1 saturated heterocycles. The van der Waals surface area contributed by atoms with Crippen LogP contribution in [-0.2, 0) is 0 Å². The number of hydrogen-bond acceptors (Lipinski definition) is 5. The number of hydrogen-bond donors (Lipinski definition) is 3. The van der Waals surface area contributed by atoms with Gasteiger partial charge in [0, 0.05) is 18.7 Å². The molecule has 0 bridgehead atoms. The molecule has 0 aromatic carbocycles. The fourth-order valence-electron chi connectivity index (χ4n) is 2.63. The SMILES string of the molecule is Cc1nc(NCC2CCNC2)cc(NC2CCC2)n1. The van der Waals surface area contributed by atoms with Crippen molar-refractivity contribution in [1.82, 2.24) is 15.3 Å². The van der Waals surface area contributed by atoms with Crippen LogP contribution >= 0.6 is 0 Å². The highest BCUT2D eigenvalue weighted by atomic mass is 15.1. The van der Waals surface area contributed by atoms with E-state index in [9.17, 15) is 0 Å². The van der Waals surface area contributed by atoms with Gasteiger partial charge in [0.05, 0.1) is 0 Å². The van der Waals surface area contributed by atoms with Crippen LogP contribution < -0.4 is 16.0 Å². The zero-order valence-electron chi connectivity index (χ0n) is 11.6. The van der Waals surface area contributed by atoms with Crippen LogP contribution in [0.15, 0.2) is 6.07 Å². The Morgan fingerprint density at radius 3 is 2.79 bits per heavy atom. The Morgan fingerprint density at radius 2 is 2.11 bits per heavy atom. The zero-order chi connectivity index (χ0) is 13.1. The van der Waals surface area contributed by atoms with Crippen LogP contribution in [0.2, 0.25) is 0 Å². The standard InChI is InChI=1S/C14H23N5/c1-10-17-13(16-9-11-5-6-15-8-11)7-14(18-10)19-12-3-2-4-12/h7,11-12,15H,2-6,8-9H2,1H3,(H2,16,17,18,19). The number of aryl methyl sites for hydroxylation is 1. The molecule has 1 aromatic heterocycles. The summed E-state index contributed by atoms with van der Waals surface area (Å²) < 4.78 is 0. The van der Waals surface area contributed by atoms with Crippen molar-refractivity contribution in [2.45, 2.75) is 38.6 Å². The maximum atomic E-state index is 4.46. The van der Waals surface area contributed by atoms with Gasteiger partial charge >= 0.3 is 0 Å². The normalized spacial score (nSPS) is 23.1. The molecule has 3 N–H and O–H groups in total. The van der Waals surface area contributed by atoms with E-state index in [1.165, 1.54) is 25.7 Å². The summed E-state index contributed by atoms with van der Waals surface area (Å²) in [7, 11) is 0. The van der Waals surface area contributed by atoms with Crippen molar-refractivity contribution >= 4 is 11.6 Å². The minimum absolute atomic E-state index is 0.612. The van der Waals surface area contributed by atoms with Gasteiger partial charge in [-0.25, -0.2) is 9.97 Å². The molecule has 0 radical (unpaired) electrons. The van der Waals surface area contributed by atoms with Crippen LogP contribution in [0.5, 0.6) is 0 Å². The molecule has 104 valence electrons. The summed E-state index contributed by atoms with van der Waals surface area (Å²) in [5.41, 5.74) is 0. The smallest absolute Gasteiger partial charge is 0.132 e. The second kappa shape index (κ2) is 5.74. The molecule has 0 amide bonds. The molecule has 19 heavy (non-hydrogen) atoms. The molecular formula is C14H23N5. The van der Waals surface area contributed by atoms with Gasteiger partial charge in [0.15, 0.2) is 0 Å². The molecule has 2 aliphatic rings. The molecule has 5 nitrogen and oxygen atoms in total. The Morgan fingerprint density at radius 1 is 1.26 bits per heavy atom. The van der Waals surface area contributed by atoms with Gasteiger partial charge in [-0.1, -0.05) is 0 Å². The number of aromatic nitrogens is 2. The molecule has 1 aliphatic heterocycles. The lowest BCUT2D eigenvalue weighted by Gasteiger charge is -2.27. The highest BCUT2D eigenvalue weighted by Crippen LogP contribution is 2.23. The van der Waals surface area contributed by atoms with Gasteiger partial charge in [0.1, 0.15) is 17.5 Å². The van der Waals surface area contributed by atoms with E-state index in [1.54, 1.807) is 0 Å². The molecule has 1 saturated carbocycles. The average Bonchev–Trinajstić information content (AvgIpc) is 2.84. The monoisotopic (exact) mass is 261 g/mol. The predicted molar refractivity (Wildman–Crippen MR) is 77.5 cm³/mol. The summed E-state index contributed by atoms with van der Waals surface area (Å²) in [5, 5.41) is 10.3. The lowest BCUT2D eigenvalue weighted by Crippen LogP contribution is -2.27. The van der Waals surface area contributed by atoms with E-state index in [2.05, 4.69) is 25.9 Å². The number of nitrogens with one attached hydrogen (secondary N) is 3. The third-order valence-electron chi connectivity index (χ3n) is 4.03. The van der Waals surface area contributed by atoms with Gasteiger partial charge in [-0.05, 0) is 51.6 Å². The first kappa shape index (κ1) is 12.7. The highest BCUT2D eigenvalue weighted by Gasteiger charge is 2.18. The second-order valence-corrected chi connectivity index (χ2v) is 5.70. The quantitative estimate of drug-likeness (QED) is 0.754. The van der Waals surface area contributed by atoms with Crippen LogP contribution in [0.4, 0.5) is 11.6 Å². The van der Waals surface area contributed by atoms with Gasteiger partial charge in [-0.2, -0.15) is 0 Å². The fraction of sp³-hybridized carbons (Fsp3) is 0.714. The minimum atomic E-state index is 0.612. The Hall–Kier alpha value is -1.36. The number of rotatable bonds is 5. The van der Waals surface area contributed by atoms with Crippen molar-refractivity contribution in [3.8, 4) is 0 Å². The molecule has 3 rings (SSSR count). The van der Waals surface area contributed by atoms with E-state index < -0.39 is 0 Å². The van der Waals surface area contributed by atoms with E-state index in [4.69, 9.17) is 0 Å². The minimum Gasteiger partial charge on any atom is -0.370 e. The Labute approximate surface area is 114 Å². The summed E-state index contributed by atoms with van der Waals surface area (Å²) in [6, 6.07) is 2.65. The molecule has 1 unspecified atom stereocenters. The van der Waals surface area contributed by atoms with Crippen molar-refractivity contribution in [2.24, 2.45) is 5.92 Å². The molecule has 1 atom stereocenters. The first-order valence-corrected chi connectivity index (χ1v) is 7.36. The third-order valence-corrected chi connectivity index (χ3v) is 4.03. The lowest BCUT2D eigenvalue weighted by atomic mass is 9.93. The Kier molecular flexibility index (Phi) is 3.82. The van der Waals surface area contributed by atoms with Gasteiger partial charge in [0.2, 0.25) is 0 Å². The predicted octanol–water partition coefficient (Wildman–Crippen LogP) is 1.77. The summed E-state index contributed by atoms with van der Waals surface area (Å²) in [5.74, 6) is 3.46. The second-order valence-electron chi connectivity index (χ2n) is 5.70. The number of anilines is 2. The highest BCUT2D eigenvalue weighted by molar-refractivity contribution is 5.48. The summed E-state index contributed by atoms with van der Waals surface area (Å²) in [6.45, 7) is 5.20. The maximum Gasteiger partial charge on any atom is 0.132 e. The van der Waals surface area contributed by atoms with Crippen LogP contribution in [0.25, 0.3) is 0 Å². The van der Waals surface area contributed by atoms with Gasteiger partial charge in [0.25, 0.3) is 0 Å². The fourth-order valence-corrected chi connectivity index (χ4v) is 2.63. The average molecular weight is 261 g/mol. The van der Waals surface area contributed by atoms with Crippen molar-refractivity contribution < 1.29 is 0 Å². The van der Waals surface area contributed by atoms with E-state index in [1.807, 2.05) is 13.0 Å². The van der Waals surface area contributed by atoms with E-state index in [0.29, 0.717) is 6.04 Å². The molecule has 2 fully saturated rings. The first-order chi connectivity index (χ1) is 9.29. The molecule has 1 aliphatic carbocycles. The van der Waals surface area contributed by atoms with E-state index >= 15 is 0 Å². The van der Waals surface area contributed by atoms with Crippen LogP contribution in [0.3, 0.4) is 0 Å². The van der Waals surface area contributed by atoms with Gasteiger partial charge in [-0.3, -0.25) is 0 Å². The maximum absolute atomic E-state index is 4.46. The molecular weight excluding hydrogens is 238 g/mol. The van der Waals surface area contributed by atoms with Crippen molar-refractivity contribution in [3.63, 3.8) is 0 Å². The third kappa shape index (κ3) is 3.35. The van der Waals surface area contributed by atoms with Crippen LogP contribution in [-0.4, -0.2) is 35.6 Å². The van der Waals surface area contributed by atoms with Crippen molar-refractivity contribution in [2.75, 3.05) is 30.3 Å². The molecule has 2 heterocycles.